The van der Waals surface area contributed by atoms with Crippen molar-refractivity contribution in [3.8, 4) is 5.75 Å². The number of phenols is 1. The summed E-state index contributed by atoms with van der Waals surface area (Å²) in [6, 6.07) is 11.8. The van der Waals surface area contributed by atoms with Crippen LogP contribution in [0.5, 0.6) is 5.75 Å². The second kappa shape index (κ2) is 6.44. The fraction of sp³-hybridized carbons (Fsp3) is 0.0588. The molecule has 0 saturated heterocycles. The summed E-state index contributed by atoms with van der Waals surface area (Å²) in [4.78, 5) is 22.2. The van der Waals surface area contributed by atoms with Gasteiger partial charge in [0.1, 0.15) is 11.3 Å². The number of benzene rings is 2. The Bertz CT molecular complexity index is 1040. The number of anilines is 1. The third-order valence-electron chi connectivity index (χ3n) is 3.54. The number of rotatable bonds is 4. The zero-order valence-electron chi connectivity index (χ0n) is 13.1. The highest BCUT2D eigenvalue weighted by atomic mass is 16.6. The molecule has 2 aromatic carbocycles. The molecule has 0 radical (unpaired) electrons. The molecule has 1 heterocycles. The van der Waals surface area contributed by atoms with E-state index in [1.165, 1.54) is 36.4 Å². The lowest BCUT2D eigenvalue weighted by Gasteiger charge is -2.04. The zero-order valence-corrected chi connectivity index (χ0v) is 13.1. The van der Waals surface area contributed by atoms with E-state index >= 15 is 0 Å². The van der Waals surface area contributed by atoms with Gasteiger partial charge >= 0.3 is 5.63 Å². The summed E-state index contributed by atoms with van der Waals surface area (Å²) >= 11 is 0. The number of hydrogen-bond acceptors (Lipinski definition) is 7. The van der Waals surface area contributed by atoms with E-state index in [2.05, 4.69) is 10.5 Å². The Morgan fingerprint density at radius 1 is 1.20 bits per heavy atom. The first kappa shape index (κ1) is 16.2. The van der Waals surface area contributed by atoms with Crippen molar-refractivity contribution in [3.05, 3.63) is 74.6 Å². The zero-order chi connectivity index (χ0) is 18.0. The molecule has 0 fully saturated rings. The number of hydrazone groups is 1. The highest BCUT2D eigenvalue weighted by Gasteiger charge is 2.09. The van der Waals surface area contributed by atoms with Gasteiger partial charge in [0.05, 0.1) is 21.9 Å². The van der Waals surface area contributed by atoms with Crippen molar-refractivity contribution >= 4 is 28.1 Å². The second-order valence-electron chi connectivity index (χ2n) is 5.28. The number of nitrogens with one attached hydrogen (secondary N) is 1. The maximum absolute atomic E-state index is 12.1. The minimum absolute atomic E-state index is 0.00799. The van der Waals surface area contributed by atoms with Gasteiger partial charge in [0.2, 0.25) is 0 Å². The van der Waals surface area contributed by atoms with Gasteiger partial charge in [0.25, 0.3) is 5.69 Å². The van der Waals surface area contributed by atoms with Crippen molar-refractivity contribution in [2.24, 2.45) is 5.10 Å². The van der Waals surface area contributed by atoms with E-state index in [0.717, 1.165) is 0 Å². The minimum Gasteiger partial charge on any atom is -0.508 e. The van der Waals surface area contributed by atoms with Crippen LogP contribution in [-0.2, 0) is 0 Å². The molecule has 0 unspecified atom stereocenters. The molecule has 25 heavy (non-hydrogen) atoms. The third-order valence-corrected chi connectivity index (χ3v) is 3.54. The highest BCUT2D eigenvalue weighted by molar-refractivity contribution is 6.00. The Morgan fingerprint density at radius 2 is 1.92 bits per heavy atom. The molecule has 0 aliphatic carbocycles. The van der Waals surface area contributed by atoms with Crippen molar-refractivity contribution < 1.29 is 14.4 Å². The molecule has 1 aromatic heterocycles. The van der Waals surface area contributed by atoms with Crippen LogP contribution >= 0.6 is 0 Å². The van der Waals surface area contributed by atoms with E-state index in [1.54, 1.807) is 19.1 Å². The molecule has 2 N–H and O–H groups in total. The Balaban J connectivity index is 1.88. The fourth-order valence-electron chi connectivity index (χ4n) is 2.22. The second-order valence-corrected chi connectivity index (χ2v) is 5.28. The van der Waals surface area contributed by atoms with Crippen LogP contribution in [-0.4, -0.2) is 15.7 Å². The van der Waals surface area contributed by atoms with Gasteiger partial charge in [0.15, 0.2) is 0 Å². The third kappa shape index (κ3) is 3.47. The van der Waals surface area contributed by atoms with E-state index in [4.69, 9.17) is 4.42 Å². The van der Waals surface area contributed by atoms with Crippen molar-refractivity contribution in [2.75, 3.05) is 5.43 Å². The largest absolute Gasteiger partial charge is 0.508 e. The maximum atomic E-state index is 12.1. The number of phenolic OH excluding ortho intramolecular Hbond substituents is 1. The topological polar surface area (TPSA) is 118 Å². The van der Waals surface area contributed by atoms with Crippen molar-refractivity contribution in [3.63, 3.8) is 0 Å². The summed E-state index contributed by atoms with van der Waals surface area (Å²) in [6.07, 6.45) is 0. The molecule has 0 aliphatic heterocycles. The SMILES string of the molecule is C/C(=N\Nc1ccc([N+](=O)[O-])cc1)c1cc2ccc(O)cc2oc1=O. The molecule has 0 amide bonds. The molecule has 0 aliphatic rings. The monoisotopic (exact) mass is 339 g/mol. The molecule has 0 saturated carbocycles. The first-order valence-corrected chi connectivity index (χ1v) is 7.26. The summed E-state index contributed by atoms with van der Waals surface area (Å²) < 4.78 is 5.19. The highest BCUT2D eigenvalue weighted by Crippen LogP contribution is 2.20. The van der Waals surface area contributed by atoms with Crippen LogP contribution in [0, 0.1) is 10.1 Å². The molecule has 0 bridgehead atoms. The maximum Gasteiger partial charge on any atom is 0.345 e. The van der Waals surface area contributed by atoms with Crippen molar-refractivity contribution in [1.29, 1.82) is 0 Å². The standard InChI is InChI=1S/C17H13N3O5/c1-10(18-19-12-3-5-13(6-4-12)20(23)24)15-8-11-2-7-14(21)9-16(11)25-17(15)22/h2-9,19,21H,1H3/b18-10+. The molecule has 3 rings (SSSR count). The average molecular weight is 339 g/mol. The summed E-state index contributed by atoms with van der Waals surface area (Å²) in [5.74, 6) is 0.00799. The Labute approximate surface area is 141 Å². The Kier molecular flexibility index (Phi) is 4.17. The van der Waals surface area contributed by atoms with E-state index < -0.39 is 10.5 Å². The molecule has 8 nitrogen and oxygen atoms in total. The molecule has 3 aromatic rings. The number of non-ortho nitro benzene ring substituents is 1. The van der Waals surface area contributed by atoms with Crippen LogP contribution < -0.4 is 11.1 Å². The van der Waals surface area contributed by atoms with Crippen molar-refractivity contribution in [1.82, 2.24) is 0 Å². The Hall–Kier alpha value is -3.68. The van der Waals surface area contributed by atoms with Gasteiger partial charge in [-0.1, -0.05) is 0 Å². The molecule has 0 atom stereocenters. The van der Waals surface area contributed by atoms with E-state index in [9.17, 15) is 20.0 Å². The van der Waals surface area contributed by atoms with Gasteiger partial charge in [-0.25, -0.2) is 4.79 Å². The normalized spacial score (nSPS) is 11.5. The predicted octanol–water partition coefficient (Wildman–Crippen LogP) is 3.24. The molecule has 126 valence electrons. The lowest BCUT2D eigenvalue weighted by atomic mass is 10.1. The van der Waals surface area contributed by atoms with Crippen LogP contribution in [0.1, 0.15) is 12.5 Å². The first-order valence-electron chi connectivity index (χ1n) is 7.26. The lowest BCUT2D eigenvalue weighted by molar-refractivity contribution is -0.384. The van der Waals surface area contributed by atoms with Gasteiger partial charge in [-0.2, -0.15) is 5.10 Å². The Morgan fingerprint density at radius 3 is 2.60 bits per heavy atom. The van der Waals surface area contributed by atoms with Crippen LogP contribution in [0.3, 0.4) is 0 Å². The summed E-state index contributed by atoms with van der Waals surface area (Å²) in [5.41, 5.74) is 3.62. The quantitative estimate of drug-likeness (QED) is 0.326. The predicted molar refractivity (Wildman–Crippen MR) is 93.1 cm³/mol. The van der Waals surface area contributed by atoms with Crippen LogP contribution in [0.2, 0.25) is 0 Å². The molecular formula is C17H13N3O5. The van der Waals surface area contributed by atoms with Crippen LogP contribution in [0.25, 0.3) is 11.0 Å². The molecular weight excluding hydrogens is 326 g/mol. The minimum atomic E-state index is -0.579. The van der Waals surface area contributed by atoms with Crippen LogP contribution in [0.15, 0.2) is 62.8 Å². The number of nitro benzene ring substituents is 1. The van der Waals surface area contributed by atoms with Gasteiger partial charge in [-0.05, 0) is 37.3 Å². The number of hydrogen-bond donors (Lipinski definition) is 2. The van der Waals surface area contributed by atoms with E-state index in [1.807, 2.05) is 0 Å². The van der Waals surface area contributed by atoms with Gasteiger partial charge in [0, 0.05) is 23.6 Å². The average Bonchev–Trinajstić information content (AvgIpc) is 2.59. The van der Waals surface area contributed by atoms with E-state index in [-0.39, 0.29) is 22.6 Å². The smallest absolute Gasteiger partial charge is 0.345 e. The van der Waals surface area contributed by atoms with Gasteiger partial charge < -0.3 is 9.52 Å². The molecule has 8 heteroatoms. The number of nitrogens with zero attached hydrogens (tertiary/aromatic N) is 2. The molecule has 0 spiro atoms. The van der Waals surface area contributed by atoms with Gasteiger partial charge in [-0.3, -0.25) is 15.5 Å². The summed E-state index contributed by atoms with van der Waals surface area (Å²) in [5, 5.41) is 24.8. The summed E-state index contributed by atoms with van der Waals surface area (Å²) in [7, 11) is 0. The summed E-state index contributed by atoms with van der Waals surface area (Å²) in [6.45, 7) is 1.64. The van der Waals surface area contributed by atoms with Crippen LogP contribution in [0.4, 0.5) is 11.4 Å². The van der Waals surface area contributed by atoms with Gasteiger partial charge in [-0.15, -0.1) is 0 Å². The fourth-order valence-corrected chi connectivity index (χ4v) is 2.22. The number of fused-ring (bicyclic) bond motifs is 1. The lowest BCUT2D eigenvalue weighted by Crippen LogP contribution is -2.13. The number of aromatic hydroxyl groups is 1. The van der Waals surface area contributed by atoms with Crippen molar-refractivity contribution in [2.45, 2.75) is 6.92 Å². The number of nitro groups is 1. The first-order chi connectivity index (χ1) is 11.9. The van der Waals surface area contributed by atoms with E-state index in [0.29, 0.717) is 16.8 Å².